The highest BCUT2D eigenvalue weighted by Gasteiger charge is 2.04. The van der Waals surface area contributed by atoms with E-state index < -0.39 is 0 Å². The van der Waals surface area contributed by atoms with Crippen LogP contribution in [0.4, 0.5) is 5.82 Å². The molecule has 2 rings (SSSR count). The van der Waals surface area contributed by atoms with Gasteiger partial charge in [0.25, 0.3) is 0 Å². The Bertz CT molecular complexity index is 624. The van der Waals surface area contributed by atoms with E-state index in [0.717, 1.165) is 10.7 Å². The van der Waals surface area contributed by atoms with Crippen molar-refractivity contribution in [2.45, 2.75) is 15.9 Å². The van der Waals surface area contributed by atoms with Crippen LogP contribution in [-0.2, 0) is 5.75 Å². The maximum atomic E-state index is 8.82. The SMILES string of the molecule is CSc1cc(N)nc(SCc2cc(C#N)ccn2)n1. The van der Waals surface area contributed by atoms with Gasteiger partial charge in [-0.25, -0.2) is 9.97 Å². The van der Waals surface area contributed by atoms with E-state index in [2.05, 4.69) is 21.0 Å². The molecule has 0 bridgehead atoms. The molecule has 0 aliphatic carbocycles. The Balaban J connectivity index is 2.10. The summed E-state index contributed by atoms with van der Waals surface area (Å²) in [6.45, 7) is 0. The maximum Gasteiger partial charge on any atom is 0.190 e. The van der Waals surface area contributed by atoms with Crippen LogP contribution in [0.15, 0.2) is 34.6 Å². The summed E-state index contributed by atoms with van der Waals surface area (Å²) in [5.41, 5.74) is 7.13. The molecule has 0 aliphatic rings. The third kappa shape index (κ3) is 3.84. The van der Waals surface area contributed by atoms with Gasteiger partial charge in [0.2, 0.25) is 0 Å². The average molecular weight is 289 g/mol. The van der Waals surface area contributed by atoms with Gasteiger partial charge in [0.15, 0.2) is 5.16 Å². The zero-order valence-corrected chi connectivity index (χ0v) is 11.8. The third-order valence-corrected chi connectivity index (χ3v) is 3.71. The fourth-order valence-electron chi connectivity index (χ4n) is 1.36. The van der Waals surface area contributed by atoms with Gasteiger partial charge in [-0.15, -0.1) is 11.8 Å². The molecule has 0 aliphatic heterocycles. The molecule has 0 saturated heterocycles. The molecule has 2 aromatic rings. The van der Waals surface area contributed by atoms with Crippen molar-refractivity contribution in [3.63, 3.8) is 0 Å². The smallest absolute Gasteiger partial charge is 0.190 e. The summed E-state index contributed by atoms with van der Waals surface area (Å²) in [7, 11) is 0. The third-order valence-electron chi connectivity index (χ3n) is 2.21. The van der Waals surface area contributed by atoms with Crippen molar-refractivity contribution >= 4 is 29.3 Å². The molecule has 0 atom stereocenters. The maximum absolute atomic E-state index is 8.82. The van der Waals surface area contributed by atoms with Crippen LogP contribution in [0.2, 0.25) is 0 Å². The predicted molar refractivity (Wildman–Crippen MR) is 76.7 cm³/mol. The van der Waals surface area contributed by atoms with Crippen molar-refractivity contribution in [3.05, 3.63) is 35.7 Å². The van der Waals surface area contributed by atoms with Crippen molar-refractivity contribution < 1.29 is 0 Å². The van der Waals surface area contributed by atoms with Crippen LogP contribution in [0.3, 0.4) is 0 Å². The van der Waals surface area contributed by atoms with E-state index in [0.29, 0.717) is 22.3 Å². The molecule has 0 spiro atoms. The second-order valence-electron chi connectivity index (χ2n) is 3.55. The number of aromatic nitrogens is 3. The van der Waals surface area contributed by atoms with Crippen LogP contribution in [0.1, 0.15) is 11.3 Å². The van der Waals surface area contributed by atoms with Crippen LogP contribution >= 0.6 is 23.5 Å². The topological polar surface area (TPSA) is 88.5 Å². The Morgan fingerprint density at radius 2 is 2.21 bits per heavy atom. The van der Waals surface area contributed by atoms with Gasteiger partial charge >= 0.3 is 0 Å². The number of rotatable bonds is 4. The zero-order chi connectivity index (χ0) is 13.7. The summed E-state index contributed by atoms with van der Waals surface area (Å²) < 4.78 is 0. The summed E-state index contributed by atoms with van der Waals surface area (Å²) in [4.78, 5) is 12.7. The van der Waals surface area contributed by atoms with E-state index in [9.17, 15) is 0 Å². The van der Waals surface area contributed by atoms with Gasteiger partial charge in [0.1, 0.15) is 10.8 Å². The van der Waals surface area contributed by atoms with E-state index in [-0.39, 0.29) is 0 Å². The number of nitrogen functional groups attached to an aromatic ring is 1. The number of pyridine rings is 1. The molecule has 0 radical (unpaired) electrons. The summed E-state index contributed by atoms with van der Waals surface area (Å²) in [5.74, 6) is 1.06. The first-order chi connectivity index (χ1) is 9.21. The molecule has 0 amide bonds. The molecule has 0 fully saturated rings. The van der Waals surface area contributed by atoms with E-state index in [1.54, 1.807) is 24.4 Å². The summed E-state index contributed by atoms with van der Waals surface area (Å²) in [6.07, 6.45) is 3.57. The van der Waals surface area contributed by atoms with Gasteiger partial charge in [-0.05, 0) is 18.4 Å². The van der Waals surface area contributed by atoms with Crippen molar-refractivity contribution in [1.82, 2.24) is 15.0 Å². The van der Waals surface area contributed by atoms with Crippen LogP contribution in [0, 0.1) is 11.3 Å². The van der Waals surface area contributed by atoms with Crippen LogP contribution in [0.25, 0.3) is 0 Å². The number of thioether (sulfide) groups is 2. The molecular weight excluding hydrogens is 278 g/mol. The quantitative estimate of drug-likeness (QED) is 0.525. The van der Waals surface area contributed by atoms with E-state index in [1.807, 2.05) is 6.26 Å². The van der Waals surface area contributed by atoms with Gasteiger partial charge in [-0.2, -0.15) is 5.26 Å². The normalized spacial score (nSPS) is 10.1. The van der Waals surface area contributed by atoms with Gasteiger partial charge in [-0.1, -0.05) is 11.8 Å². The second kappa shape index (κ2) is 6.41. The number of anilines is 1. The molecule has 19 heavy (non-hydrogen) atoms. The Morgan fingerprint density at radius 1 is 1.37 bits per heavy atom. The van der Waals surface area contributed by atoms with Crippen molar-refractivity contribution in [1.29, 1.82) is 5.26 Å². The fourth-order valence-corrected chi connectivity index (χ4v) is 2.60. The first kappa shape index (κ1) is 13.6. The summed E-state index contributed by atoms with van der Waals surface area (Å²) >= 11 is 2.97. The Hall–Kier alpha value is -1.78. The van der Waals surface area contributed by atoms with Crippen LogP contribution in [0.5, 0.6) is 0 Å². The molecule has 96 valence electrons. The summed E-state index contributed by atoms with van der Waals surface area (Å²) in [6, 6.07) is 7.26. The average Bonchev–Trinajstić information content (AvgIpc) is 2.44. The van der Waals surface area contributed by atoms with Gasteiger partial charge in [0, 0.05) is 18.0 Å². The lowest BCUT2D eigenvalue weighted by Gasteiger charge is -2.03. The van der Waals surface area contributed by atoms with E-state index in [1.165, 1.54) is 23.5 Å². The first-order valence-electron chi connectivity index (χ1n) is 5.37. The zero-order valence-electron chi connectivity index (χ0n) is 10.2. The minimum atomic E-state index is 0.459. The highest BCUT2D eigenvalue weighted by atomic mass is 32.2. The lowest BCUT2D eigenvalue weighted by molar-refractivity contribution is 0.899. The molecule has 0 aromatic carbocycles. The molecular formula is C12H11N5S2. The van der Waals surface area contributed by atoms with Crippen molar-refractivity contribution in [3.8, 4) is 6.07 Å². The fraction of sp³-hybridized carbons (Fsp3) is 0.167. The number of nitrogens with zero attached hydrogens (tertiary/aromatic N) is 4. The molecule has 5 nitrogen and oxygen atoms in total. The Kier molecular flexibility index (Phi) is 4.60. The van der Waals surface area contributed by atoms with Crippen LogP contribution < -0.4 is 5.73 Å². The Labute approximate surface area is 119 Å². The van der Waals surface area contributed by atoms with E-state index in [4.69, 9.17) is 11.0 Å². The Morgan fingerprint density at radius 3 is 2.95 bits per heavy atom. The van der Waals surface area contributed by atoms with Crippen LogP contribution in [-0.4, -0.2) is 21.2 Å². The minimum Gasteiger partial charge on any atom is -0.384 e. The summed E-state index contributed by atoms with van der Waals surface area (Å²) in [5, 5.41) is 10.3. The van der Waals surface area contributed by atoms with Gasteiger partial charge in [0.05, 0.1) is 17.3 Å². The molecule has 2 N–H and O–H groups in total. The lowest BCUT2D eigenvalue weighted by Crippen LogP contribution is -1.96. The highest BCUT2D eigenvalue weighted by molar-refractivity contribution is 7.99. The predicted octanol–water partition coefficient (Wildman–Crippen LogP) is 2.34. The lowest BCUT2D eigenvalue weighted by atomic mass is 10.2. The molecule has 2 heterocycles. The number of hydrogen-bond acceptors (Lipinski definition) is 7. The van der Waals surface area contributed by atoms with Gasteiger partial charge in [-0.3, -0.25) is 4.98 Å². The van der Waals surface area contributed by atoms with Gasteiger partial charge < -0.3 is 5.73 Å². The van der Waals surface area contributed by atoms with Crippen molar-refractivity contribution in [2.75, 3.05) is 12.0 Å². The highest BCUT2D eigenvalue weighted by Crippen LogP contribution is 2.22. The first-order valence-corrected chi connectivity index (χ1v) is 7.58. The molecule has 2 aromatic heterocycles. The number of nitrogens with two attached hydrogens (primary N) is 1. The molecule has 0 unspecified atom stereocenters. The second-order valence-corrected chi connectivity index (χ2v) is 5.32. The number of nitriles is 1. The molecule has 7 heteroatoms. The largest absolute Gasteiger partial charge is 0.384 e. The monoisotopic (exact) mass is 289 g/mol. The standard InChI is InChI=1S/C12H11N5S2/c1-18-11-5-10(14)16-12(17-11)19-7-9-4-8(6-13)2-3-15-9/h2-5H,7H2,1H3,(H2,14,16,17). The molecule has 0 saturated carbocycles. The van der Waals surface area contributed by atoms with E-state index >= 15 is 0 Å². The number of hydrogen-bond donors (Lipinski definition) is 1. The van der Waals surface area contributed by atoms with Crippen molar-refractivity contribution in [2.24, 2.45) is 0 Å². The minimum absolute atomic E-state index is 0.459.